The predicted molar refractivity (Wildman–Crippen MR) is 108 cm³/mol. The number of carbonyl (C=O) groups excluding carboxylic acids is 2. The van der Waals surface area contributed by atoms with Crippen molar-refractivity contribution in [1.82, 2.24) is 5.01 Å². The topological polar surface area (TPSA) is 66.6 Å². The van der Waals surface area contributed by atoms with Crippen LogP contribution in [0.2, 0.25) is 0 Å². The molecule has 0 radical (unpaired) electrons. The summed E-state index contributed by atoms with van der Waals surface area (Å²) in [7, 11) is 0. The number of nitrogens with two attached hydrogens (primary N) is 1. The van der Waals surface area contributed by atoms with E-state index in [0.717, 1.165) is 28.3 Å². The Kier molecular flexibility index (Phi) is 5.47. The van der Waals surface area contributed by atoms with Crippen LogP contribution in [0.1, 0.15) is 42.5 Å². The molecule has 0 saturated carbocycles. The number of benzene rings is 2. The summed E-state index contributed by atoms with van der Waals surface area (Å²) in [6.45, 7) is 6.82. The van der Waals surface area contributed by atoms with Crippen molar-refractivity contribution >= 4 is 28.8 Å². The van der Waals surface area contributed by atoms with Crippen LogP contribution in [0.4, 0.5) is 24.5 Å². The maximum Gasteiger partial charge on any atom is 0.416 e. The summed E-state index contributed by atoms with van der Waals surface area (Å²) < 4.78 is 40.1. The average Bonchev–Trinajstić information content (AvgIpc) is 2.95. The van der Waals surface area contributed by atoms with Crippen LogP contribution < -0.4 is 10.7 Å². The number of aryl methyl sites for hydroxylation is 2. The monoisotopic (exact) mass is 417 g/mol. The third-order valence-electron chi connectivity index (χ3n) is 5.01. The van der Waals surface area contributed by atoms with Crippen LogP contribution in [-0.2, 0) is 15.8 Å². The van der Waals surface area contributed by atoms with Gasteiger partial charge in [0.2, 0.25) is 5.91 Å². The zero-order chi connectivity index (χ0) is 22.4. The van der Waals surface area contributed by atoms with Gasteiger partial charge in [0, 0.05) is 23.4 Å². The standard InChI is InChI=1S/C22H22F3N3O2/c1-5-19(29)28(26)14(4)20-17-7-6-15(22(23,24)25)11-18(17)27(21(20)30)16-9-12(2)8-13(3)10-16/h6-11H,5,26H2,1-4H3/b20-14-. The maximum atomic E-state index is 13.4. The van der Waals surface area contributed by atoms with Gasteiger partial charge in [-0.15, -0.1) is 0 Å². The average molecular weight is 417 g/mol. The van der Waals surface area contributed by atoms with Crippen molar-refractivity contribution in [1.29, 1.82) is 0 Å². The fraction of sp³-hybridized carbons (Fsp3) is 0.273. The summed E-state index contributed by atoms with van der Waals surface area (Å²) in [4.78, 5) is 26.7. The zero-order valence-corrected chi connectivity index (χ0v) is 17.1. The minimum absolute atomic E-state index is 0.0992. The lowest BCUT2D eigenvalue weighted by atomic mass is 10.0. The van der Waals surface area contributed by atoms with Crippen molar-refractivity contribution in [2.75, 3.05) is 4.90 Å². The first-order chi connectivity index (χ1) is 14.0. The fourth-order valence-electron chi connectivity index (χ4n) is 3.60. The molecule has 0 atom stereocenters. The number of carbonyl (C=O) groups is 2. The van der Waals surface area contributed by atoms with E-state index in [1.54, 1.807) is 19.1 Å². The molecule has 30 heavy (non-hydrogen) atoms. The first-order valence-electron chi connectivity index (χ1n) is 9.38. The molecule has 0 aromatic heterocycles. The van der Waals surface area contributed by atoms with E-state index in [2.05, 4.69) is 0 Å². The number of hydrogen-bond acceptors (Lipinski definition) is 3. The lowest BCUT2D eigenvalue weighted by Crippen LogP contribution is -2.36. The predicted octanol–water partition coefficient (Wildman–Crippen LogP) is 4.84. The molecule has 0 bridgehead atoms. The summed E-state index contributed by atoms with van der Waals surface area (Å²) in [5, 5.41) is 0.875. The molecule has 0 aliphatic carbocycles. The van der Waals surface area contributed by atoms with Crippen molar-refractivity contribution < 1.29 is 22.8 Å². The highest BCUT2D eigenvalue weighted by Crippen LogP contribution is 2.45. The molecule has 8 heteroatoms. The highest BCUT2D eigenvalue weighted by Gasteiger charge is 2.39. The van der Waals surface area contributed by atoms with E-state index in [0.29, 0.717) is 11.3 Å². The van der Waals surface area contributed by atoms with Gasteiger partial charge in [0.1, 0.15) is 0 Å². The van der Waals surface area contributed by atoms with Gasteiger partial charge in [-0.25, -0.2) is 5.84 Å². The molecule has 2 amide bonds. The minimum Gasteiger partial charge on any atom is -0.276 e. The molecular formula is C22H22F3N3O2. The Morgan fingerprint density at radius 2 is 1.70 bits per heavy atom. The van der Waals surface area contributed by atoms with E-state index in [9.17, 15) is 22.8 Å². The highest BCUT2D eigenvalue weighted by atomic mass is 19.4. The minimum atomic E-state index is -4.56. The molecule has 0 unspecified atom stereocenters. The number of hydrogen-bond donors (Lipinski definition) is 1. The highest BCUT2D eigenvalue weighted by molar-refractivity contribution is 6.35. The molecule has 5 nitrogen and oxygen atoms in total. The zero-order valence-electron chi connectivity index (χ0n) is 17.1. The molecule has 2 aromatic rings. The Bertz CT molecular complexity index is 1050. The number of alkyl halides is 3. The molecule has 0 spiro atoms. The van der Waals surface area contributed by atoms with E-state index in [-0.39, 0.29) is 23.4 Å². The van der Waals surface area contributed by atoms with Crippen LogP contribution in [0.3, 0.4) is 0 Å². The van der Waals surface area contributed by atoms with Crippen LogP contribution in [0.15, 0.2) is 42.1 Å². The van der Waals surface area contributed by atoms with Gasteiger partial charge in [0.05, 0.1) is 16.8 Å². The first-order valence-corrected chi connectivity index (χ1v) is 9.38. The smallest absolute Gasteiger partial charge is 0.276 e. The van der Waals surface area contributed by atoms with Crippen LogP contribution in [-0.4, -0.2) is 16.8 Å². The number of halogens is 3. The summed E-state index contributed by atoms with van der Waals surface area (Å²) >= 11 is 0. The molecule has 1 heterocycles. The van der Waals surface area contributed by atoms with Crippen molar-refractivity contribution in [3.63, 3.8) is 0 Å². The van der Waals surface area contributed by atoms with E-state index >= 15 is 0 Å². The van der Waals surface area contributed by atoms with Crippen molar-refractivity contribution in [2.45, 2.75) is 40.3 Å². The second kappa shape index (κ2) is 7.60. The molecule has 2 aromatic carbocycles. The maximum absolute atomic E-state index is 13.4. The number of nitrogens with zero attached hydrogens (tertiary/aromatic N) is 2. The Balaban J connectivity index is 2.29. The first kappa shape index (κ1) is 21.6. The summed E-state index contributed by atoms with van der Waals surface area (Å²) in [6, 6.07) is 8.48. The number of amides is 2. The Morgan fingerprint density at radius 3 is 2.23 bits per heavy atom. The Hall–Kier alpha value is -3.13. The quantitative estimate of drug-likeness (QED) is 0.336. The summed E-state index contributed by atoms with van der Waals surface area (Å²) in [6.07, 6.45) is -4.44. The van der Waals surface area contributed by atoms with E-state index in [1.807, 2.05) is 19.9 Å². The number of hydrazine groups is 1. The van der Waals surface area contributed by atoms with Gasteiger partial charge < -0.3 is 0 Å². The molecule has 3 rings (SSSR count). The van der Waals surface area contributed by atoms with Gasteiger partial charge in [0.15, 0.2) is 0 Å². The van der Waals surface area contributed by atoms with Crippen LogP contribution in [0.5, 0.6) is 0 Å². The van der Waals surface area contributed by atoms with Gasteiger partial charge >= 0.3 is 6.18 Å². The second-order valence-corrected chi connectivity index (χ2v) is 7.29. The second-order valence-electron chi connectivity index (χ2n) is 7.29. The van der Waals surface area contributed by atoms with Gasteiger partial charge in [-0.3, -0.25) is 19.5 Å². The molecule has 2 N–H and O–H groups in total. The number of fused-ring (bicyclic) bond motifs is 1. The third kappa shape index (κ3) is 3.70. The van der Waals surface area contributed by atoms with Crippen molar-refractivity contribution in [3.05, 3.63) is 64.3 Å². The van der Waals surface area contributed by atoms with E-state index in [1.165, 1.54) is 17.9 Å². The third-order valence-corrected chi connectivity index (χ3v) is 5.01. The van der Waals surface area contributed by atoms with Crippen LogP contribution in [0.25, 0.3) is 5.57 Å². The summed E-state index contributed by atoms with van der Waals surface area (Å²) in [5.74, 6) is 4.93. The number of anilines is 2. The summed E-state index contributed by atoms with van der Waals surface area (Å²) in [5.41, 5.74) is 1.99. The van der Waals surface area contributed by atoms with Gasteiger partial charge in [-0.1, -0.05) is 19.1 Å². The number of rotatable bonds is 3. The Morgan fingerprint density at radius 1 is 1.10 bits per heavy atom. The largest absolute Gasteiger partial charge is 0.416 e. The molecule has 0 fully saturated rings. The van der Waals surface area contributed by atoms with E-state index in [4.69, 9.17) is 5.84 Å². The van der Waals surface area contributed by atoms with Gasteiger partial charge in [-0.05, 0) is 56.2 Å². The van der Waals surface area contributed by atoms with Gasteiger partial charge in [-0.2, -0.15) is 13.2 Å². The molecular weight excluding hydrogens is 395 g/mol. The lowest BCUT2D eigenvalue weighted by molar-refractivity contribution is -0.137. The van der Waals surface area contributed by atoms with Gasteiger partial charge in [0.25, 0.3) is 5.91 Å². The lowest BCUT2D eigenvalue weighted by Gasteiger charge is -2.20. The van der Waals surface area contributed by atoms with Crippen LogP contribution in [0, 0.1) is 13.8 Å². The SMILES string of the molecule is CCC(=O)N(N)/C(C)=C1\C(=O)N(c2cc(C)cc(C)c2)c2cc(C(F)(F)F)ccc21. The normalized spacial score (nSPS) is 15.3. The van der Waals surface area contributed by atoms with Crippen LogP contribution >= 0.6 is 0 Å². The molecule has 1 aliphatic rings. The van der Waals surface area contributed by atoms with Crippen molar-refractivity contribution in [2.24, 2.45) is 5.84 Å². The fourth-order valence-corrected chi connectivity index (χ4v) is 3.60. The van der Waals surface area contributed by atoms with Crippen molar-refractivity contribution in [3.8, 4) is 0 Å². The Labute approximate surface area is 172 Å². The van der Waals surface area contributed by atoms with E-state index < -0.39 is 23.6 Å². The molecule has 1 aliphatic heterocycles. The molecule has 158 valence electrons. The number of allylic oxidation sites excluding steroid dienone is 1. The molecule has 0 saturated heterocycles.